The Balaban J connectivity index is 2.28. The van der Waals surface area contributed by atoms with Gasteiger partial charge in [-0.3, -0.25) is 62.4 Å². The van der Waals surface area contributed by atoms with Crippen LogP contribution in [0.25, 0.3) is 6.08 Å². The number of rotatable bonds is 15. The summed E-state index contributed by atoms with van der Waals surface area (Å²) in [7, 11) is 0. The number of ketones is 2. The number of amides is 1. The van der Waals surface area contributed by atoms with Gasteiger partial charge in [0.1, 0.15) is 53.9 Å². The van der Waals surface area contributed by atoms with E-state index in [1.54, 1.807) is 0 Å². The number of aliphatic hydroxyl groups excluding tert-OH is 2. The van der Waals surface area contributed by atoms with Gasteiger partial charge < -0.3 is 57.6 Å². The van der Waals surface area contributed by atoms with E-state index < -0.39 is 167 Å². The Morgan fingerprint density at radius 1 is 0.625 bits per heavy atom. The van der Waals surface area contributed by atoms with Crippen LogP contribution in [0.2, 0.25) is 0 Å². The van der Waals surface area contributed by atoms with Crippen molar-refractivity contribution in [2.24, 2.45) is 0 Å². The smallest absolute Gasteiger partial charge is 0.308 e. The number of hydrogen-bond donors (Lipinski definition) is 2. The van der Waals surface area contributed by atoms with Crippen molar-refractivity contribution in [1.82, 2.24) is 4.90 Å². The molecule has 72 heavy (non-hydrogen) atoms. The first-order valence-corrected chi connectivity index (χ1v) is 21.5. The predicted octanol–water partition coefficient (Wildman–Crippen LogP) is 1.37. The Hall–Kier alpha value is -8.22. The first kappa shape index (κ1) is 56.4. The largest absolute Gasteiger partial charge is 0.507 e. The number of carbonyl (C=O) groups excluding carboxylic acids is 12. The van der Waals surface area contributed by atoms with Crippen molar-refractivity contribution in [2.45, 2.75) is 124 Å². The SMILES string of the molecule is CC(=O)OC[C@@H]1[C@@H](OC(C)=O)[C@H](OC(C)=O)/C(=C(/O)C2=CC(=O)/C(=C(O)\C=C\c3ccc(OC(C)=O)cc3)C(=O)[C@@]2(OC(C)=O)[C@@H]2O[C@H](COC(C)=O)[C@@H](OC(C)=O)[C@H](OC(C)=O)[C@H]2OC(C)=O)N1C(C)=O. The third-order valence-corrected chi connectivity index (χ3v) is 10.4. The molecular weight excluding hydrogens is 962 g/mol. The second-order valence-corrected chi connectivity index (χ2v) is 16.1. The lowest BCUT2D eigenvalue weighted by atomic mass is 9.70. The number of benzene rings is 1. The zero-order chi connectivity index (χ0) is 54.1. The second-order valence-electron chi connectivity index (χ2n) is 16.1. The number of hydrogen-bond acceptors (Lipinski definition) is 24. The van der Waals surface area contributed by atoms with E-state index in [4.69, 9.17) is 47.4 Å². The number of Topliss-reactive ketones (excluding diaryl/α,β-unsaturated/α-hetero) is 1. The average molecular weight is 1010 g/mol. The Morgan fingerprint density at radius 2 is 1.14 bits per heavy atom. The van der Waals surface area contributed by atoms with Crippen LogP contribution in [0.4, 0.5) is 0 Å². The topological polar surface area (TPSA) is 341 Å². The van der Waals surface area contributed by atoms with Gasteiger partial charge in [-0.05, 0) is 29.8 Å². The van der Waals surface area contributed by atoms with Gasteiger partial charge in [0.2, 0.25) is 17.3 Å². The van der Waals surface area contributed by atoms with Gasteiger partial charge in [0.25, 0.3) is 0 Å². The third-order valence-electron chi connectivity index (χ3n) is 10.4. The molecule has 1 aromatic rings. The summed E-state index contributed by atoms with van der Waals surface area (Å²) in [5, 5.41) is 24.6. The lowest BCUT2D eigenvalue weighted by Crippen LogP contribution is -2.71. The van der Waals surface area contributed by atoms with Crippen molar-refractivity contribution < 1.29 is 115 Å². The van der Waals surface area contributed by atoms with Crippen LogP contribution in [-0.2, 0) is 100 Å². The summed E-state index contributed by atoms with van der Waals surface area (Å²) >= 11 is 0. The molecule has 25 heteroatoms. The first-order valence-electron chi connectivity index (χ1n) is 21.5. The van der Waals surface area contributed by atoms with Crippen molar-refractivity contribution in [3.05, 3.63) is 70.3 Å². The van der Waals surface area contributed by atoms with E-state index in [-0.39, 0.29) is 11.3 Å². The van der Waals surface area contributed by atoms with Gasteiger partial charge in [-0.15, -0.1) is 0 Å². The van der Waals surface area contributed by atoms with Gasteiger partial charge in [-0.1, -0.05) is 18.2 Å². The fourth-order valence-corrected chi connectivity index (χ4v) is 8.13. The molecule has 2 saturated heterocycles. The van der Waals surface area contributed by atoms with Crippen molar-refractivity contribution in [3.8, 4) is 5.75 Å². The summed E-state index contributed by atoms with van der Waals surface area (Å²) in [6.07, 6.45) is -12.4. The quantitative estimate of drug-likeness (QED) is 0.0625. The normalized spacial score (nSPS) is 26.2. The maximum Gasteiger partial charge on any atom is 0.308 e. The average Bonchev–Trinajstić information content (AvgIpc) is 3.54. The predicted molar refractivity (Wildman–Crippen MR) is 235 cm³/mol. The van der Waals surface area contributed by atoms with Crippen LogP contribution in [0, 0.1) is 0 Å². The zero-order valence-electron chi connectivity index (χ0n) is 40.4. The summed E-state index contributed by atoms with van der Waals surface area (Å²) in [4.78, 5) is 158. The fourth-order valence-electron chi connectivity index (χ4n) is 8.13. The van der Waals surface area contributed by atoms with Gasteiger partial charge in [-0.25, -0.2) is 0 Å². The molecule has 0 unspecified atom stereocenters. The molecule has 0 aromatic heterocycles. The van der Waals surface area contributed by atoms with E-state index in [0.29, 0.717) is 17.9 Å². The molecule has 0 radical (unpaired) electrons. The molecule has 1 aliphatic carbocycles. The lowest BCUT2D eigenvalue weighted by Gasteiger charge is -2.51. The van der Waals surface area contributed by atoms with Crippen LogP contribution in [0.3, 0.4) is 0 Å². The molecule has 2 N–H and O–H groups in total. The summed E-state index contributed by atoms with van der Waals surface area (Å²) in [6, 6.07) is 3.86. The van der Waals surface area contributed by atoms with E-state index in [1.807, 2.05) is 0 Å². The molecule has 0 spiro atoms. The molecule has 0 bridgehead atoms. The highest BCUT2D eigenvalue weighted by Gasteiger charge is 2.68. The fraction of sp³-hybridized carbons (Fsp3) is 0.447. The van der Waals surface area contributed by atoms with Crippen LogP contribution in [0.1, 0.15) is 74.8 Å². The number of esters is 9. The number of allylic oxidation sites excluding steroid dienone is 2. The standard InChI is InChI=1S/C47H51NO24/c1-20(49)48-33(18-63-21(2)50)40(66-24(5)53)42(68-26(7)55)38(48)39(61)32-17-35(60)37(34(59)16-13-30-11-14-31(15-12-30)65-23(4)52)45(62)47(32,72-29(10)58)46-44(70-28(9)57)43(69-27(8)56)41(67-25(6)54)36(71-46)19-64-22(3)51/h11-17,33,36,40-44,46,59,61H,18-19H2,1-10H3/b16-13+,37-34-,39-38-/t33-,36-,40-,41-,42-,43+,44-,46-,47-/m1/s1. The highest BCUT2D eigenvalue weighted by Crippen LogP contribution is 2.48. The summed E-state index contributed by atoms with van der Waals surface area (Å²) < 4.78 is 55.2. The Morgan fingerprint density at radius 3 is 1.64 bits per heavy atom. The number of ether oxygens (including phenoxy) is 10. The zero-order valence-corrected chi connectivity index (χ0v) is 40.4. The number of aliphatic hydroxyl groups is 2. The Kier molecular flexibility index (Phi) is 18.5. The molecule has 3 aliphatic rings. The molecule has 9 atom stereocenters. The molecule has 2 fully saturated rings. The van der Waals surface area contributed by atoms with Crippen LogP contribution in [0.5, 0.6) is 5.75 Å². The summed E-state index contributed by atoms with van der Waals surface area (Å²) in [5.41, 5.74) is -6.66. The van der Waals surface area contributed by atoms with E-state index in [0.717, 1.165) is 68.4 Å². The van der Waals surface area contributed by atoms with Crippen LogP contribution in [-0.4, -0.2) is 154 Å². The molecule has 25 nitrogen and oxygen atoms in total. The molecule has 1 aromatic carbocycles. The monoisotopic (exact) mass is 1010 g/mol. The Labute approximate surface area is 409 Å². The van der Waals surface area contributed by atoms with Crippen LogP contribution in [0.15, 0.2) is 64.8 Å². The lowest BCUT2D eigenvalue weighted by molar-refractivity contribution is -0.275. The minimum atomic E-state index is -3.57. The van der Waals surface area contributed by atoms with Gasteiger partial charge >= 0.3 is 53.7 Å². The van der Waals surface area contributed by atoms with Crippen LogP contribution < -0.4 is 4.74 Å². The maximum atomic E-state index is 15.8. The van der Waals surface area contributed by atoms with Gasteiger partial charge in [0.05, 0.1) is 5.57 Å². The van der Waals surface area contributed by atoms with E-state index in [1.165, 1.54) is 30.3 Å². The van der Waals surface area contributed by atoms with Crippen molar-refractivity contribution in [3.63, 3.8) is 0 Å². The van der Waals surface area contributed by atoms with Gasteiger partial charge in [-0.2, -0.15) is 0 Å². The van der Waals surface area contributed by atoms with Crippen molar-refractivity contribution >= 4 is 77.3 Å². The number of carbonyl (C=O) groups is 12. The van der Waals surface area contributed by atoms with Crippen molar-refractivity contribution in [1.29, 1.82) is 0 Å². The minimum absolute atomic E-state index is 0.126. The van der Waals surface area contributed by atoms with Gasteiger partial charge in [0.15, 0.2) is 42.4 Å². The maximum absolute atomic E-state index is 15.8. The van der Waals surface area contributed by atoms with Gasteiger partial charge in [0, 0.05) is 69.2 Å². The second kappa shape index (κ2) is 23.6. The van der Waals surface area contributed by atoms with E-state index in [2.05, 4.69) is 0 Å². The molecule has 0 saturated carbocycles. The van der Waals surface area contributed by atoms with E-state index in [9.17, 15) is 63.0 Å². The molecular formula is C47H51NO24. The molecule has 388 valence electrons. The minimum Gasteiger partial charge on any atom is -0.507 e. The third kappa shape index (κ3) is 13.1. The summed E-state index contributed by atoms with van der Waals surface area (Å²) in [6.45, 7) is 7.31. The molecule has 2 aliphatic heterocycles. The first-order chi connectivity index (χ1) is 33.6. The summed E-state index contributed by atoms with van der Waals surface area (Å²) in [5.74, 6) is -16.6. The molecule has 1 amide bonds. The number of likely N-dealkylation sites (tertiary alicyclic amines) is 1. The highest BCUT2D eigenvalue weighted by atomic mass is 16.7. The number of nitrogens with zero attached hydrogens (tertiary/aromatic N) is 1. The molecule has 2 heterocycles. The highest BCUT2D eigenvalue weighted by molar-refractivity contribution is 6.31. The van der Waals surface area contributed by atoms with Crippen LogP contribution >= 0.6 is 0 Å². The van der Waals surface area contributed by atoms with E-state index >= 15 is 4.79 Å². The Bertz CT molecular complexity index is 2550. The molecule has 4 rings (SSSR count). The van der Waals surface area contributed by atoms with Crippen molar-refractivity contribution in [2.75, 3.05) is 13.2 Å².